The van der Waals surface area contributed by atoms with Crippen LogP contribution < -0.4 is 59.7 Å². The molecule has 674 valence electrons. The topological polar surface area (TPSA) is 311 Å². The second kappa shape index (κ2) is 48.7. The number of hydrogen-bond acceptors (Lipinski definition) is 12. The minimum absolute atomic E-state index is 0.000146. The second-order valence-corrected chi connectivity index (χ2v) is 34.1. The van der Waals surface area contributed by atoms with Crippen molar-refractivity contribution in [2.75, 3.05) is 86.1 Å². The summed E-state index contributed by atoms with van der Waals surface area (Å²) in [6.45, 7) is 7.94. The van der Waals surface area contributed by atoms with Crippen molar-refractivity contribution >= 4 is 79.7 Å². The Balaban J connectivity index is 0.000000166. The van der Waals surface area contributed by atoms with Gasteiger partial charge in [-0.15, -0.1) is 0 Å². The molecule has 3 heterocycles. The Kier molecular flexibility index (Phi) is 35.3. The second-order valence-electron chi connectivity index (χ2n) is 34.1. The zero-order chi connectivity index (χ0) is 90.8. The van der Waals surface area contributed by atoms with E-state index in [4.69, 9.17) is 17.2 Å². The summed E-state index contributed by atoms with van der Waals surface area (Å²) in [7, 11) is 3.58. The average molecular weight is 1740 g/mol. The normalized spacial score (nSPS) is 17.5. The fourth-order valence-electron chi connectivity index (χ4n) is 18.0. The number of hydrogen-bond donors (Lipinski definition) is 11. The minimum atomic E-state index is -0.438. The number of nitrogens with zero attached hydrogens (tertiary/aromatic N) is 5. The van der Waals surface area contributed by atoms with Crippen LogP contribution in [0.5, 0.6) is 0 Å². The van der Waals surface area contributed by atoms with Crippen LogP contribution in [0.4, 0.5) is 0 Å². The van der Waals surface area contributed by atoms with Gasteiger partial charge < -0.3 is 74.4 Å². The highest BCUT2D eigenvalue weighted by Gasteiger charge is 2.38. The van der Waals surface area contributed by atoms with Gasteiger partial charge >= 0.3 is 0 Å². The highest BCUT2D eigenvalue weighted by atomic mass is 16.2. The molecule has 3 saturated heterocycles. The molecule has 130 heavy (non-hydrogen) atoms. The lowest BCUT2D eigenvalue weighted by atomic mass is 9.90. The van der Waals surface area contributed by atoms with Gasteiger partial charge in [0.25, 0.3) is 11.8 Å². The quantitative estimate of drug-likeness (QED) is 0.0102. The Labute approximate surface area is 765 Å². The first kappa shape index (κ1) is 94.2. The van der Waals surface area contributed by atoms with Crippen LogP contribution in [-0.2, 0) is 25.6 Å². The Morgan fingerprint density at radius 3 is 1.13 bits per heavy atom. The molecule has 0 aliphatic carbocycles. The van der Waals surface area contributed by atoms with Crippen LogP contribution in [0.15, 0.2) is 319 Å². The van der Waals surface area contributed by atoms with Gasteiger partial charge in [0.1, 0.15) is 0 Å². The van der Waals surface area contributed by atoms with E-state index in [0.29, 0.717) is 115 Å². The lowest BCUT2D eigenvalue weighted by molar-refractivity contribution is -0.133. The molecule has 0 saturated carbocycles. The maximum absolute atomic E-state index is 14.3. The molecule has 12 aromatic carbocycles. The van der Waals surface area contributed by atoms with Crippen molar-refractivity contribution in [1.82, 2.24) is 57.2 Å². The molecular formula is C108H126N16O6. The number of carbonyl (C=O) groups excluding carboxylic acids is 6. The van der Waals surface area contributed by atoms with E-state index in [0.717, 1.165) is 71.1 Å². The molecule has 6 amide bonds. The molecule has 0 aromatic heterocycles. The Bertz CT molecular complexity index is 5560. The van der Waals surface area contributed by atoms with Crippen molar-refractivity contribution in [1.29, 1.82) is 0 Å². The lowest BCUT2D eigenvalue weighted by Crippen LogP contribution is -2.54. The molecule has 3 aliphatic heterocycles. The SMILES string of the molecule is CC(=O)N[C@@H](Cc1ccc2ccccc2c1)[C@@H]1CCN(CC(c2ccccc2)c2ccccc2)C(=O)[C@H](CCCN=C(N)N)N1.CN=C(N)NCCC[C@@H]1N[C@H](CNC(=O)c2ccc3ccccc3c2)CCN(CC(c2ccccc2)c2ccccc2)C1=O.CNCCC[C@@H]1N[C@H](CNC(=O)c2ccc3ccccc3c2)CCN(CC(c2ccccc2)c2ccccc2)C1=O. The molecule has 22 nitrogen and oxygen atoms in total. The maximum Gasteiger partial charge on any atom is 0.251 e. The minimum Gasteiger partial charge on any atom is -0.370 e. The number of nitrogens with one attached hydrogen (secondary N) is 8. The van der Waals surface area contributed by atoms with Crippen LogP contribution in [-0.4, -0.2) is 190 Å². The van der Waals surface area contributed by atoms with Crippen LogP contribution in [0.1, 0.15) is 142 Å². The smallest absolute Gasteiger partial charge is 0.251 e. The standard InChI is InChI=1S/C37H44N6O2.C36H42N6O2.C35H40N4O2/c1-26(44)41-35(24-27-18-19-28-11-8-9-16-31(28)23-27)33-20-22-43(36(45)34(42-33)17-10-21-40-37(38)39)25-32(29-12-4-2-5-13-29)30-14-6-3-7-15-30;1-38-36(37)39-21-10-17-33-35(44)42(25-32(27-12-4-2-5-13-27)28-14-6-3-7-15-28)22-20-31(41-33)24-40-34(43)30-19-18-26-11-8-9-16-29(26)23-30;1-36-21-10-17-33-35(41)39(25-32(27-12-4-2-5-13-27)28-14-6-3-7-15-28)22-20-31(38-33)24-37-34(40)30-19-18-26-11-8-9-16-29(26)23-30/h2-9,11-16,18-19,23,32-35,42H,10,17,20-22,24-25H2,1H3,(H,41,44)(H4,38,39,40);2-9,11-16,18-19,23,31-33,41H,10,17,20-22,24-25H2,1H3,(H,40,43)(H3,37,38,39);2-9,11-16,18-19,23,31-33,36,38H,10,17,20-22,24-25H2,1H3,(H,37,40)/t33-,34-,35-;2*31-,33-/m000/s1. The third-order valence-electron chi connectivity index (χ3n) is 25.0. The number of nitrogens with two attached hydrogens (primary N) is 3. The Morgan fingerprint density at radius 1 is 0.408 bits per heavy atom. The third kappa shape index (κ3) is 27.3. The summed E-state index contributed by atoms with van der Waals surface area (Å²) in [5.41, 5.74) is 26.4. The molecule has 3 fully saturated rings. The van der Waals surface area contributed by atoms with Crippen molar-refractivity contribution in [3.63, 3.8) is 0 Å². The number of carbonyl (C=O) groups is 6. The molecule has 0 spiro atoms. The maximum atomic E-state index is 14.3. The van der Waals surface area contributed by atoms with Gasteiger partial charge in [-0.05, 0) is 173 Å². The highest BCUT2D eigenvalue weighted by molar-refractivity contribution is 6.00. The van der Waals surface area contributed by atoms with E-state index in [1.54, 1.807) is 14.0 Å². The predicted octanol–water partition coefficient (Wildman–Crippen LogP) is 13.6. The van der Waals surface area contributed by atoms with Crippen molar-refractivity contribution in [2.24, 2.45) is 27.2 Å². The van der Waals surface area contributed by atoms with Gasteiger partial charge in [-0.3, -0.25) is 38.8 Å². The molecule has 12 aromatic rings. The van der Waals surface area contributed by atoms with Crippen molar-refractivity contribution in [2.45, 2.75) is 131 Å². The van der Waals surface area contributed by atoms with E-state index in [9.17, 15) is 28.8 Å². The Hall–Kier alpha value is -13.4. The van der Waals surface area contributed by atoms with Crippen LogP contribution in [0.2, 0.25) is 0 Å². The van der Waals surface area contributed by atoms with Crippen LogP contribution >= 0.6 is 0 Å². The first-order valence-electron chi connectivity index (χ1n) is 45.9. The monoisotopic (exact) mass is 1740 g/mol. The van der Waals surface area contributed by atoms with E-state index in [1.165, 1.54) is 38.8 Å². The van der Waals surface area contributed by atoms with E-state index < -0.39 is 6.04 Å². The molecule has 15 rings (SSSR count). The summed E-state index contributed by atoms with van der Waals surface area (Å²) in [6, 6.07) is 103. The van der Waals surface area contributed by atoms with Crippen molar-refractivity contribution in [3.05, 3.63) is 359 Å². The number of amides is 6. The van der Waals surface area contributed by atoms with Gasteiger partial charge in [-0.25, -0.2) is 0 Å². The van der Waals surface area contributed by atoms with Crippen LogP contribution in [0, 0.1) is 0 Å². The fourth-order valence-corrected chi connectivity index (χ4v) is 18.0. The summed E-state index contributed by atoms with van der Waals surface area (Å²) in [5, 5.41) is 33.3. The molecule has 22 heteroatoms. The van der Waals surface area contributed by atoms with E-state index >= 15 is 0 Å². The summed E-state index contributed by atoms with van der Waals surface area (Å²) in [5.74, 6) is 0.579. The molecule has 3 aliphatic rings. The number of guanidine groups is 2. The number of rotatable bonds is 34. The number of benzene rings is 12. The largest absolute Gasteiger partial charge is 0.370 e. The molecule has 7 atom stereocenters. The molecule has 14 N–H and O–H groups in total. The molecule has 0 radical (unpaired) electrons. The molecule has 0 unspecified atom stereocenters. The van der Waals surface area contributed by atoms with Crippen LogP contribution in [0.3, 0.4) is 0 Å². The lowest BCUT2D eigenvalue weighted by Gasteiger charge is -2.30. The van der Waals surface area contributed by atoms with Crippen molar-refractivity contribution < 1.29 is 28.8 Å². The zero-order valence-electron chi connectivity index (χ0n) is 75.0. The average Bonchev–Trinajstić information content (AvgIpc) is 0.976. The van der Waals surface area contributed by atoms with E-state index in [1.807, 2.05) is 204 Å². The fraction of sp³-hybridized carbons (Fsp3) is 0.315. The van der Waals surface area contributed by atoms with Crippen molar-refractivity contribution in [3.8, 4) is 0 Å². The van der Waals surface area contributed by atoms with Gasteiger partial charge in [0.05, 0.1) is 18.1 Å². The molecular weight excluding hydrogens is 1620 g/mol. The number of fused-ring (bicyclic) bond motifs is 3. The Morgan fingerprint density at radius 2 is 0.754 bits per heavy atom. The summed E-state index contributed by atoms with van der Waals surface area (Å²) < 4.78 is 0. The summed E-state index contributed by atoms with van der Waals surface area (Å²) in [4.78, 5) is 95.1. The first-order chi connectivity index (χ1) is 63.5. The first-order valence-corrected chi connectivity index (χ1v) is 45.9. The molecule has 0 bridgehead atoms. The van der Waals surface area contributed by atoms with Gasteiger partial charge in [-0.2, -0.15) is 0 Å². The van der Waals surface area contributed by atoms with E-state index in [-0.39, 0.29) is 95.4 Å². The zero-order valence-corrected chi connectivity index (χ0v) is 75.0. The van der Waals surface area contributed by atoms with Gasteiger partial charge in [0, 0.05) is 132 Å². The summed E-state index contributed by atoms with van der Waals surface area (Å²) >= 11 is 0. The predicted molar refractivity (Wildman–Crippen MR) is 526 cm³/mol. The number of aliphatic imine (C=N–C) groups is 2. The van der Waals surface area contributed by atoms with E-state index in [2.05, 4.69) is 180 Å². The highest BCUT2D eigenvalue weighted by Crippen LogP contribution is 2.33. The van der Waals surface area contributed by atoms with Gasteiger partial charge in [0.2, 0.25) is 23.6 Å². The third-order valence-corrected chi connectivity index (χ3v) is 25.0. The van der Waals surface area contributed by atoms with Gasteiger partial charge in [-0.1, -0.05) is 285 Å². The summed E-state index contributed by atoms with van der Waals surface area (Å²) in [6.07, 6.45) is 7.08. The van der Waals surface area contributed by atoms with Crippen LogP contribution in [0.25, 0.3) is 32.3 Å². The van der Waals surface area contributed by atoms with Gasteiger partial charge in [0.15, 0.2) is 11.9 Å².